The van der Waals surface area contributed by atoms with Crippen molar-refractivity contribution in [2.45, 2.75) is 34.5 Å². The van der Waals surface area contributed by atoms with Crippen LogP contribution >= 0.6 is 0 Å². The summed E-state index contributed by atoms with van der Waals surface area (Å²) >= 11 is 0. The van der Waals surface area contributed by atoms with Gasteiger partial charge in [-0.2, -0.15) is 0 Å². The van der Waals surface area contributed by atoms with Gasteiger partial charge in [-0.1, -0.05) is 18.6 Å². The predicted molar refractivity (Wildman–Crippen MR) is 75.8 cm³/mol. The molecule has 8 heteroatoms. The molecule has 0 spiro atoms. The maximum Gasteiger partial charge on any atom is 0.314 e. The van der Waals surface area contributed by atoms with E-state index in [9.17, 15) is 26.7 Å². The quantitative estimate of drug-likeness (QED) is 0.882. The second-order valence-electron chi connectivity index (χ2n) is 5.42. The van der Waals surface area contributed by atoms with Gasteiger partial charge in [-0.15, -0.1) is 0 Å². The summed E-state index contributed by atoms with van der Waals surface area (Å²) in [5.41, 5.74) is -1.23. The summed E-state index contributed by atoms with van der Waals surface area (Å²) < 4.78 is 47.8. The molecule has 1 aromatic rings. The van der Waals surface area contributed by atoms with Crippen LogP contribution in [0.3, 0.4) is 0 Å². The number of hydrogen-bond acceptors (Lipinski definition) is 5. The van der Waals surface area contributed by atoms with Gasteiger partial charge in [0.1, 0.15) is 0 Å². The summed E-state index contributed by atoms with van der Waals surface area (Å²) in [7, 11) is -7.66. The van der Waals surface area contributed by atoms with Crippen LogP contribution in [0, 0.1) is 0 Å². The fourth-order valence-corrected chi connectivity index (χ4v) is 5.47. The Morgan fingerprint density at radius 1 is 1.10 bits per heavy atom. The van der Waals surface area contributed by atoms with Gasteiger partial charge in [0.25, 0.3) is 0 Å². The van der Waals surface area contributed by atoms with E-state index in [1.165, 1.54) is 18.2 Å². The first-order valence-corrected chi connectivity index (χ1v) is 10.1. The predicted octanol–water partition coefficient (Wildman–Crippen LogP) is 1.000. The highest BCUT2D eigenvalue weighted by atomic mass is 32.2. The third-order valence-electron chi connectivity index (χ3n) is 3.88. The van der Waals surface area contributed by atoms with Crippen LogP contribution in [0.4, 0.5) is 0 Å². The van der Waals surface area contributed by atoms with Gasteiger partial charge >= 0.3 is 5.97 Å². The van der Waals surface area contributed by atoms with Gasteiger partial charge in [0, 0.05) is 12.5 Å². The number of hydrogen-bond donors (Lipinski definition) is 1. The maximum atomic E-state index is 12.1. The van der Waals surface area contributed by atoms with Crippen LogP contribution in [0.1, 0.15) is 24.8 Å². The van der Waals surface area contributed by atoms with Crippen molar-refractivity contribution in [1.82, 2.24) is 0 Å². The highest BCUT2D eigenvalue weighted by Gasteiger charge is 2.49. The van der Waals surface area contributed by atoms with Gasteiger partial charge in [-0.3, -0.25) is 4.79 Å². The standard InChI is InChI=1S/C13H16O6S2/c1-20(16,17)10-6-3-5-9(11(10)21(2,18)19)13(12(14)15)7-4-8-13/h3,5-6H,4,7-8H2,1-2H3,(H,14,15). The summed E-state index contributed by atoms with van der Waals surface area (Å²) in [5, 5.41) is 9.48. The van der Waals surface area contributed by atoms with Crippen molar-refractivity contribution in [1.29, 1.82) is 0 Å². The molecular formula is C13H16O6S2. The lowest BCUT2D eigenvalue weighted by Crippen LogP contribution is -2.43. The molecule has 0 bridgehead atoms. The topological polar surface area (TPSA) is 106 Å². The van der Waals surface area contributed by atoms with E-state index in [0.29, 0.717) is 19.3 Å². The fourth-order valence-electron chi connectivity index (χ4n) is 2.70. The van der Waals surface area contributed by atoms with E-state index in [1.54, 1.807) is 0 Å². The average molecular weight is 332 g/mol. The minimum Gasteiger partial charge on any atom is -0.481 e. The molecule has 1 aliphatic carbocycles. The third-order valence-corrected chi connectivity index (χ3v) is 6.33. The van der Waals surface area contributed by atoms with Crippen molar-refractivity contribution >= 4 is 25.6 Å². The lowest BCUT2D eigenvalue weighted by molar-refractivity contribution is -0.147. The summed E-state index contributed by atoms with van der Waals surface area (Å²) in [6.45, 7) is 0. The molecule has 21 heavy (non-hydrogen) atoms. The SMILES string of the molecule is CS(=O)(=O)c1cccc(C2(C(=O)O)CCC2)c1S(C)(=O)=O. The zero-order chi connectivity index (χ0) is 16.1. The van der Waals surface area contributed by atoms with Gasteiger partial charge < -0.3 is 5.11 Å². The number of sulfone groups is 2. The molecule has 1 aliphatic rings. The summed E-state index contributed by atoms with van der Waals surface area (Å²) in [5.74, 6) is -1.12. The van der Waals surface area contributed by atoms with Crippen molar-refractivity contribution in [2.75, 3.05) is 12.5 Å². The summed E-state index contributed by atoms with van der Waals surface area (Å²) in [4.78, 5) is 10.9. The van der Waals surface area contributed by atoms with Crippen molar-refractivity contribution in [2.24, 2.45) is 0 Å². The van der Waals surface area contributed by atoms with Gasteiger partial charge in [0.2, 0.25) is 0 Å². The monoisotopic (exact) mass is 332 g/mol. The van der Waals surface area contributed by atoms with Crippen molar-refractivity contribution < 1.29 is 26.7 Å². The molecule has 0 aromatic heterocycles. The minimum atomic E-state index is -3.88. The Morgan fingerprint density at radius 3 is 2.00 bits per heavy atom. The Hall–Kier alpha value is -1.41. The molecule has 0 aliphatic heterocycles. The molecule has 0 radical (unpaired) electrons. The fraction of sp³-hybridized carbons (Fsp3) is 0.462. The van der Waals surface area contributed by atoms with Crippen LogP contribution in [0.2, 0.25) is 0 Å². The molecule has 1 fully saturated rings. The zero-order valence-corrected chi connectivity index (χ0v) is 13.3. The molecule has 0 amide bonds. The van der Waals surface area contributed by atoms with E-state index < -0.39 is 31.1 Å². The molecule has 0 atom stereocenters. The second-order valence-corrected chi connectivity index (χ2v) is 9.35. The first-order chi connectivity index (χ1) is 9.50. The largest absolute Gasteiger partial charge is 0.481 e. The lowest BCUT2D eigenvalue weighted by atomic mass is 9.64. The van der Waals surface area contributed by atoms with E-state index in [4.69, 9.17) is 0 Å². The highest BCUT2D eigenvalue weighted by molar-refractivity contribution is 7.93. The number of benzene rings is 1. The van der Waals surface area contributed by atoms with E-state index in [1.807, 2.05) is 0 Å². The van der Waals surface area contributed by atoms with Crippen molar-refractivity contribution in [3.05, 3.63) is 23.8 Å². The number of carboxylic acid groups (broad SMARTS) is 1. The molecule has 116 valence electrons. The van der Waals surface area contributed by atoms with Crippen molar-refractivity contribution in [3.8, 4) is 0 Å². The lowest BCUT2D eigenvalue weighted by Gasteiger charge is -2.39. The van der Waals surface area contributed by atoms with Gasteiger partial charge in [-0.25, -0.2) is 16.8 Å². The van der Waals surface area contributed by atoms with E-state index in [-0.39, 0.29) is 15.4 Å². The Balaban J connectivity index is 2.89. The summed E-state index contributed by atoms with van der Waals surface area (Å²) in [6, 6.07) is 3.99. The molecule has 0 saturated heterocycles. The number of carboxylic acids is 1. The first-order valence-electron chi connectivity index (χ1n) is 6.27. The van der Waals surface area contributed by atoms with E-state index in [2.05, 4.69) is 0 Å². The van der Waals surface area contributed by atoms with Crippen LogP contribution in [-0.4, -0.2) is 40.4 Å². The normalized spacial score (nSPS) is 18.0. The second kappa shape index (κ2) is 4.81. The zero-order valence-electron chi connectivity index (χ0n) is 11.7. The molecule has 1 N–H and O–H groups in total. The van der Waals surface area contributed by atoms with Crippen molar-refractivity contribution in [3.63, 3.8) is 0 Å². The van der Waals surface area contributed by atoms with Crippen LogP contribution in [0.15, 0.2) is 28.0 Å². The molecule has 0 heterocycles. The smallest absolute Gasteiger partial charge is 0.314 e. The van der Waals surface area contributed by atoms with Crippen LogP contribution in [-0.2, 0) is 29.9 Å². The van der Waals surface area contributed by atoms with Gasteiger partial charge in [0.15, 0.2) is 19.7 Å². The Labute approximate surface area is 123 Å². The molecule has 6 nitrogen and oxygen atoms in total. The molecule has 1 aromatic carbocycles. The Kier molecular flexibility index (Phi) is 3.66. The highest BCUT2D eigenvalue weighted by Crippen LogP contribution is 2.47. The Morgan fingerprint density at radius 2 is 1.67 bits per heavy atom. The van der Waals surface area contributed by atoms with Gasteiger partial charge in [0.05, 0.1) is 15.2 Å². The molecule has 0 unspecified atom stereocenters. The third kappa shape index (κ3) is 2.57. The average Bonchev–Trinajstić information content (AvgIpc) is 2.23. The van der Waals surface area contributed by atoms with Crippen LogP contribution in [0.25, 0.3) is 0 Å². The molecule has 1 saturated carbocycles. The summed E-state index contributed by atoms with van der Waals surface area (Å²) in [6.07, 6.45) is 3.08. The number of aliphatic carboxylic acids is 1. The van der Waals surface area contributed by atoms with Gasteiger partial charge in [-0.05, 0) is 24.5 Å². The number of rotatable bonds is 4. The molecular weight excluding hydrogens is 316 g/mol. The van der Waals surface area contributed by atoms with E-state index >= 15 is 0 Å². The Bertz CT molecular complexity index is 801. The maximum absolute atomic E-state index is 12.1. The molecule has 2 rings (SSSR count). The first kappa shape index (κ1) is 16.0. The number of carbonyl (C=O) groups is 1. The van der Waals surface area contributed by atoms with Crippen LogP contribution in [0.5, 0.6) is 0 Å². The minimum absolute atomic E-state index is 0.0756. The van der Waals surface area contributed by atoms with Crippen LogP contribution < -0.4 is 0 Å². The van der Waals surface area contributed by atoms with E-state index in [0.717, 1.165) is 12.5 Å².